The van der Waals surface area contributed by atoms with E-state index in [0.717, 1.165) is 6.08 Å². The summed E-state index contributed by atoms with van der Waals surface area (Å²) in [6.07, 6.45) is 3.89. The molecule has 0 fully saturated rings. The largest absolute Gasteiger partial charge is 0.534 e. The van der Waals surface area contributed by atoms with Gasteiger partial charge in [0.15, 0.2) is 0 Å². The molecule has 0 radical (unpaired) electrons. The van der Waals surface area contributed by atoms with Gasteiger partial charge in [-0.15, -0.1) is 0 Å². The molecule has 2 rings (SSSR count). The number of aromatic nitrogens is 1. The van der Waals surface area contributed by atoms with Crippen molar-refractivity contribution in [1.29, 1.82) is 0 Å². The van der Waals surface area contributed by atoms with E-state index >= 15 is 0 Å². The average molecular weight is 409 g/mol. The topological polar surface area (TPSA) is 91.8 Å². The van der Waals surface area contributed by atoms with Crippen LogP contribution in [0.2, 0.25) is 0 Å². The number of nitrogens with zero attached hydrogens (tertiary/aromatic N) is 1. The number of pyridine rings is 1. The van der Waals surface area contributed by atoms with Gasteiger partial charge in [0.1, 0.15) is 23.5 Å². The molecule has 11 heteroatoms. The minimum Gasteiger partial charge on any atom is -0.492 e. The van der Waals surface area contributed by atoms with E-state index in [1.165, 1.54) is 12.4 Å². The molecular formula is C16H18F3NO6S. The lowest BCUT2D eigenvalue weighted by molar-refractivity contribution is -0.158. The molecule has 27 heavy (non-hydrogen) atoms. The number of alkyl halides is 3. The maximum atomic E-state index is 12.4. The van der Waals surface area contributed by atoms with E-state index in [9.17, 15) is 26.4 Å². The second-order valence-electron chi connectivity index (χ2n) is 5.83. The summed E-state index contributed by atoms with van der Waals surface area (Å²) in [4.78, 5) is 16.2. The van der Waals surface area contributed by atoms with E-state index in [1.54, 1.807) is 19.1 Å². The zero-order valence-corrected chi connectivity index (χ0v) is 15.2. The quantitative estimate of drug-likeness (QED) is 0.388. The van der Waals surface area contributed by atoms with Crippen LogP contribution in [0.4, 0.5) is 13.2 Å². The molecule has 1 unspecified atom stereocenters. The summed E-state index contributed by atoms with van der Waals surface area (Å²) in [7, 11) is -5.74. The SMILES string of the molecule is CCOC(=O)C1(COc2ccncc2)CC=C(OS(=O)(=O)C(F)(F)F)CC1. The molecule has 1 aliphatic carbocycles. The summed E-state index contributed by atoms with van der Waals surface area (Å²) < 4.78 is 74.4. The number of ether oxygens (including phenoxy) is 2. The highest BCUT2D eigenvalue weighted by Crippen LogP contribution is 2.39. The molecule has 0 saturated heterocycles. The first kappa shape index (κ1) is 21.0. The molecule has 0 saturated carbocycles. The lowest BCUT2D eigenvalue weighted by atomic mass is 9.77. The van der Waals surface area contributed by atoms with Crippen molar-refractivity contribution in [2.75, 3.05) is 13.2 Å². The van der Waals surface area contributed by atoms with Crippen LogP contribution >= 0.6 is 0 Å². The van der Waals surface area contributed by atoms with Crippen molar-refractivity contribution >= 4 is 16.1 Å². The Balaban J connectivity index is 2.15. The predicted octanol–water partition coefficient (Wildman–Crippen LogP) is 2.94. The summed E-state index contributed by atoms with van der Waals surface area (Å²) in [5.41, 5.74) is -6.68. The lowest BCUT2D eigenvalue weighted by Gasteiger charge is -2.33. The van der Waals surface area contributed by atoms with Crippen LogP contribution < -0.4 is 4.74 Å². The molecule has 0 aliphatic heterocycles. The van der Waals surface area contributed by atoms with Crippen molar-refractivity contribution in [3.8, 4) is 5.75 Å². The number of carbonyl (C=O) groups excluding carboxylic acids is 1. The number of carbonyl (C=O) groups is 1. The second-order valence-corrected chi connectivity index (χ2v) is 7.37. The monoisotopic (exact) mass is 409 g/mol. The summed E-state index contributed by atoms with van der Waals surface area (Å²) in [6.45, 7) is 1.65. The van der Waals surface area contributed by atoms with Crippen molar-refractivity contribution in [2.24, 2.45) is 5.41 Å². The molecule has 1 aliphatic rings. The molecule has 1 heterocycles. The minimum atomic E-state index is -5.74. The highest BCUT2D eigenvalue weighted by Gasteiger charge is 2.50. The van der Waals surface area contributed by atoms with E-state index in [0.29, 0.717) is 5.75 Å². The number of allylic oxidation sites excluding steroid dienone is 2. The summed E-state index contributed by atoms with van der Waals surface area (Å²) in [5, 5.41) is 0. The van der Waals surface area contributed by atoms with Crippen LogP contribution in [-0.2, 0) is 23.8 Å². The van der Waals surface area contributed by atoms with Crippen LogP contribution in [0, 0.1) is 5.41 Å². The van der Waals surface area contributed by atoms with Gasteiger partial charge in [0.05, 0.1) is 6.61 Å². The second kappa shape index (κ2) is 8.15. The van der Waals surface area contributed by atoms with Crippen molar-refractivity contribution in [3.63, 3.8) is 0 Å². The lowest BCUT2D eigenvalue weighted by Crippen LogP contribution is -2.40. The molecule has 0 bridgehead atoms. The zero-order valence-electron chi connectivity index (χ0n) is 14.4. The van der Waals surface area contributed by atoms with Crippen LogP contribution in [0.3, 0.4) is 0 Å². The van der Waals surface area contributed by atoms with Crippen LogP contribution in [0.15, 0.2) is 36.4 Å². The Morgan fingerprint density at radius 3 is 2.48 bits per heavy atom. The van der Waals surface area contributed by atoms with Crippen molar-refractivity contribution in [2.45, 2.75) is 31.7 Å². The summed E-state index contributed by atoms with van der Waals surface area (Å²) in [5.74, 6) is -0.483. The van der Waals surface area contributed by atoms with Crippen molar-refractivity contribution < 1.29 is 40.0 Å². The third kappa shape index (κ3) is 5.12. The number of hydrogen-bond donors (Lipinski definition) is 0. The fourth-order valence-electron chi connectivity index (χ4n) is 2.46. The Labute approximate surface area is 154 Å². The van der Waals surface area contributed by atoms with Gasteiger partial charge < -0.3 is 13.7 Å². The smallest absolute Gasteiger partial charge is 0.492 e. The Bertz CT molecular complexity index is 794. The third-order valence-corrected chi connectivity index (χ3v) is 4.94. The van der Waals surface area contributed by atoms with Gasteiger partial charge in [0.2, 0.25) is 0 Å². The van der Waals surface area contributed by atoms with E-state index in [2.05, 4.69) is 9.17 Å². The Kier molecular flexibility index (Phi) is 6.34. The van der Waals surface area contributed by atoms with Gasteiger partial charge in [-0.05, 0) is 38.0 Å². The van der Waals surface area contributed by atoms with Gasteiger partial charge >= 0.3 is 21.6 Å². The maximum Gasteiger partial charge on any atom is 0.534 e. The molecule has 0 amide bonds. The fourth-order valence-corrected chi connectivity index (χ4v) is 2.98. The number of esters is 1. The van der Waals surface area contributed by atoms with E-state index < -0.39 is 27.0 Å². The fraction of sp³-hybridized carbons (Fsp3) is 0.500. The zero-order chi connectivity index (χ0) is 20.1. The standard InChI is InChI=1S/C16H18F3NO6S/c1-2-24-14(21)15(11-25-12-5-9-20-10-6-12)7-3-13(4-8-15)26-27(22,23)16(17,18)19/h3,5-6,9-10H,2,4,7-8,11H2,1H3. The van der Waals surface area contributed by atoms with Crippen LogP contribution in [0.25, 0.3) is 0 Å². The summed E-state index contributed by atoms with van der Waals surface area (Å²) >= 11 is 0. The number of halogens is 3. The molecule has 0 spiro atoms. The van der Waals surface area contributed by atoms with Gasteiger partial charge in [-0.1, -0.05) is 0 Å². The minimum absolute atomic E-state index is 0.0100. The van der Waals surface area contributed by atoms with Crippen molar-refractivity contribution in [1.82, 2.24) is 4.98 Å². The first-order valence-corrected chi connectivity index (χ1v) is 9.40. The van der Waals surface area contributed by atoms with Gasteiger partial charge in [-0.2, -0.15) is 21.6 Å². The molecule has 1 atom stereocenters. The Morgan fingerprint density at radius 2 is 1.96 bits per heavy atom. The normalized spacial score (nSPS) is 20.5. The van der Waals surface area contributed by atoms with Crippen molar-refractivity contribution in [3.05, 3.63) is 36.4 Å². The molecular weight excluding hydrogens is 391 g/mol. The maximum absolute atomic E-state index is 12.4. The Morgan fingerprint density at radius 1 is 1.30 bits per heavy atom. The van der Waals surface area contributed by atoms with Crippen LogP contribution in [0.1, 0.15) is 26.2 Å². The van der Waals surface area contributed by atoms with Crippen LogP contribution in [0.5, 0.6) is 5.75 Å². The summed E-state index contributed by atoms with van der Waals surface area (Å²) in [6, 6.07) is 3.17. The predicted molar refractivity (Wildman–Crippen MR) is 86.8 cm³/mol. The first-order chi connectivity index (χ1) is 12.6. The van der Waals surface area contributed by atoms with Gasteiger partial charge in [0.25, 0.3) is 0 Å². The molecule has 1 aromatic rings. The van der Waals surface area contributed by atoms with E-state index in [-0.39, 0.29) is 38.2 Å². The highest BCUT2D eigenvalue weighted by atomic mass is 32.2. The van der Waals surface area contributed by atoms with Gasteiger partial charge in [0, 0.05) is 18.8 Å². The molecule has 0 aromatic carbocycles. The van der Waals surface area contributed by atoms with Crippen LogP contribution in [-0.4, -0.2) is 38.1 Å². The average Bonchev–Trinajstić information content (AvgIpc) is 2.61. The molecule has 1 aromatic heterocycles. The molecule has 150 valence electrons. The van der Waals surface area contributed by atoms with E-state index in [1.807, 2.05) is 0 Å². The highest BCUT2D eigenvalue weighted by molar-refractivity contribution is 7.87. The number of hydrogen-bond acceptors (Lipinski definition) is 7. The molecule has 7 nitrogen and oxygen atoms in total. The van der Waals surface area contributed by atoms with Gasteiger partial charge in [-0.3, -0.25) is 9.78 Å². The molecule has 0 N–H and O–H groups in total. The number of rotatable bonds is 7. The first-order valence-electron chi connectivity index (χ1n) is 7.99. The van der Waals surface area contributed by atoms with E-state index in [4.69, 9.17) is 9.47 Å². The Hall–Kier alpha value is -2.30. The van der Waals surface area contributed by atoms with Gasteiger partial charge in [-0.25, -0.2) is 0 Å². The third-order valence-electron chi connectivity index (χ3n) is 3.94.